The Kier molecular flexibility index (Phi) is 6.79. The van der Waals surface area contributed by atoms with E-state index in [4.69, 9.17) is 9.15 Å². The Balaban J connectivity index is 1.51. The highest BCUT2D eigenvalue weighted by Gasteiger charge is 2.32. The number of benzene rings is 1. The summed E-state index contributed by atoms with van der Waals surface area (Å²) in [7, 11) is 0. The van der Waals surface area contributed by atoms with Crippen LogP contribution < -0.4 is 5.56 Å². The van der Waals surface area contributed by atoms with Crippen molar-refractivity contribution < 1.29 is 9.15 Å². The highest BCUT2D eigenvalue weighted by Crippen LogP contribution is 2.30. The molecule has 1 aliphatic heterocycles. The van der Waals surface area contributed by atoms with Crippen LogP contribution in [0, 0.1) is 12.8 Å². The first-order chi connectivity index (χ1) is 17.0. The van der Waals surface area contributed by atoms with Crippen LogP contribution in [0.25, 0.3) is 10.9 Å². The number of hydrogen-bond donors (Lipinski definition) is 1. The normalized spacial score (nSPS) is 17.1. The van der Waals surface area contributed by atoms with Crippen molar-refractivity contribution in [1.82, 2.24) is 30.1 Å². The lowest BCUT2D eigenvalue weighted by molar-refractivity contribution is 0.0384. The fraction of sp³-hybridized carbons (Fsp3) is 0.462. The molecule has 1 N–H and O–H groups in total. The molecule has 35 heavy (non-hydrogen) atoms. The van der Waals surface area contributed by atoms with Gasteiger partial charge in [0.05, 0.1) is 18.4 Å². The molecule has 0 unspecified atom stereocenters. The van der Waals surface area contributed by atoms with E-state index in [-0.39, 0.29) is 23.6 Å². The number of H-pyrrole nitrogens is 1. The minimum atomic E-state index is -0.114. The predicted molar refractivity (Wildman–Crippen MR) is 132 cm³/mol. The molecular weight excluding hydrogens is 444 g/mol. The van der Waals surface area contributed by atoms with E-state index in [1.807, 2.05) is 30.3 Å². The maximum atomic E-state index is 13.1. The Hall–Kier alpha value is -3.30. The third kappa shape index (κ3) is 5.21. The number of furan rings is 1. The Morgan fingerprint density at radius 3 is 2.89 bits per heavy atom. The summed E-state index contributed by atoms with van der Waals surface area (Å²) in [6.45, 7) is 8.76. The zero-order chi connectivity index (χ0) is 24.4. The van der Waals surface area contributed by atoms with E-state index in [1.165, 1.54) is 0 Å². The molecule has 0 saturated carbocycles. The van der Waals surface area contributed by atoms with E-state index in [0.29, 0.717) is 19.6 Å². The molecule has 0 spiro atoms. The maximum absolute atomic E-state index is 13.1. The van der Waals surface area contributed by atoms with Gasteiger partial charge < -0.3 is 14.1 Å². The monoisotopic (exact) mass is 476 g/mol. The molecule has 9 heteroatoms. The number of aromatic nitrogens is 5. The SMILES string of the molecule is Cc1ccc2[nH]c(=O)c(CN(C[C@@H]3CCCO3)[C@H](c3nnnn3Cc3ccco3)C(C)C)cc2c1. The first-order valence-electron chi connectivity index (χ1n) is 12.2. The average Bonchev–Trinajstić information content (AvgIpc) is 3.59. The van der Waals surface area contributed by atoms with Gasteiger partial charge in [-0.05, 0) is 71.8 Å². The quantitative estimate of drug-likeness (QED) is 0.391. The fourth-order valence-corrected chi connectivity index (χ4v) is 5.00. The van der Waals surface area contributed by atoms with Gasteiger partial charge in [0.25, 0.3) is 5.56 Å². The molecule has 0 aliphatic carbocycles. The fourth-order valence-electron chi connectivity index (χ4n) is 5.00. The van der Waals surface area contributed by atoms with Crippen molar-refractivity contribution in [2.45, 2.75) is 58.8 Å². The summed E-state index contributed by atoms with van der Waals surface area (Å²) in [5, 5.41) is 13.7. The Morgan fingerprint density at radius 1 is 1.26 bits per heavy atom. The molecule has 4 aromatic rings. The van der Waals surface area contributed by atoms with Gasteiger partial charge >= 0.3 is 0 Å². The third-order valence-corrected chi connectivity index (χ3v) is 6.65. The van der Waals surface area contributed by atoms with Gasteiger partial charge in [0.1, 0.15) is 12.3 Å². The maximum Gasteiger partial charge on any atom is 0.252 e. The molecule has 1 saturated heterocycles. The highest BCUT2D eigenvalue weighted by atomic mass is 16.5. The third-order valence-electron chi connectivity index (χ3n) is 6.65. The number of tetrazole rings is 1. The molecule has 184 valence electrons. The second-order valence-electron chi connectivity index (χ2n) is 9.74. The second-order valence-corrected chi connectivity index (χ2v) is 9.74. The van der Waals surface area contributed by atoms with Crippen LogP contribution in [-0.2, 0) is 17.8 Å². The highest BCUT2D eigenvalue weighted by molar-refractivity contribution is 5.79. The Morgan fingerprint density at radius 2 is 2.14 bits per heavy atom. The number of nitrogens with zero attached hydrogens (tertiary/aromatic N) is 5. The summed E-state index contributed by atoms with van der Waals surface area (Å²) >= 11 is 0. The molecule has 1 fully saturated rings. The number of pyridine rings is 1. The van der Waals surface area contributed by atoms with Crippen LogP contribution >= 0.6 is 0 Å². The van der Waals surface area contributed by atoms with E-state index >= 15 is 0 Å². The number of fused-ring (bicyclic) bond motifs is 1. The van der Waals surface area contributed by atoms with Gasteiger partial charge in [0.15, 0.2) is 5.82 Å². The largest absolute Gasteiger partial charge is 0.467 e. The summed E-state index contributed by atoms with van der Waals surface area (Å²) in [4.78, 5) is 18.4. The molecule has 3 aromatic heterocycles. The molecule has 1 aliphatic rings. The van der Waals surface area contributed by atoms with Crippen LogP contribution in [0.3, 0.4) is 0 Å². The summed E-state index contributed by atoms with van der Waals surface area (Å²) in [6, 6.07) is 11.7. The van der Waals surface area contributed by atoms with Crippen LogP contribution in [-0.4, -0.2) is 49.3 Å². The van der Waals surface area contributed by atoms with Gasteiger partial charge in [-0.25, -0.2) is 4.68 Å². The topological polar surface area (TPSA) is 102 Å². The minimum absolute atomic E-state index is 0.0728. The molecule has 9 nitrogen and oxygen atoms in total. The number of ether oxygens (including phenoxy) is 1. The average molecular weight is 477 g/mol. The van der Waals surface area contributed by atoms with Gasteiger partial charge in [0, 0.05) is 30.8 Å². The Bertz CT molecular complexity index is 1320. The number of hydrogen-bond acceptors (Lipinski definition) is 7. The van der Waals surface area contributed by atoms with Crippen molar-refractivity contribution >= 4 is 10.9 Å². The smallest absolute Gasteiger partial charge is 0.252 e. The molecular formula is C26H32N6O3. The van der Waals surface area contributed by atoms with E-state index < -0.39 is 0 Å². The van der Waals surface area contributed by atoms with Crippen molar-refractivity contribution in [3.63, 3.8) is 0 Å². The minimum Gasteiger partial charge on any atom is -0.467 e. The number of aromatic amines is 1. The predicted octanol–water partition coefficient (Wildman–Crippen LogP) is 3.84. The van der Waals surface area contributed by atoms with Crippen molar-refractivity contribution in [3.05, 3.63) is 75.7 Å². The first-order valence-corrected chi connectivity index (χ1v) is 12.2. The zero-order valence-electron chi connectivity index (χ0n) is 20.5. The van der Waals surface area contributed by atoms with Gasteiger partial charge in [-0.2, -0.15) is 0 Å². The molecule has 0 radical (unpaired) electrons. The van der Waals surface area contributed by atoms with Gasteiger partial charge in [-0.3, -0.25) is 9.69 Å². The molecule has 0 bridgehead atoms. The lowest BCUT2D eigenvalue weighted by Gasteiger charge is -2.35. The van der Waals surface area contributed by atoms with Crippen LogP contribution in [0.1, 0.15) is 55.4 Å². The summed E-state index contributed by atoms with van der Waals surface area (Å²) in [5.74, 6) is 1.73. The lowest BCUT2D eigenvalue weighted by Crippen LogP contribution is -2.40. The summed E-state index contributed by atoms with van der Waals surface area (Å²) in [6.07, 6.45) is 3.83. The number of aryl methyl sites for hydroxylation is 1. The summed E-state index contributed by atoms with van der Waals surface area (Å²) in [5.41, 5.74) is 2.65. The molecule has 2 atom stereocenters. The Labute approximate surface area is 204 Å². The van der Waals surface area contributed by atoms with E-state index in [2.05, 4.69) is 52.2 Å². The van der Waals surface area contributed by atoms with Crippen LogP contribution in [0.15, 0.2) is 51.9 Å². The van der Waals surface area contributed by atoms with E-state index in [1.54, 1.807) is 10.9 Å². The van der Waals surface area contributed by atoms with Crippen LogP contribution in [0.4, 0.5) is 0 Å². The molecule has 1 aromatic carbocycles. The van der Waals surface area contributed by atoms with Crippen molar-refractivity contribution in [2.75, 3.05) is 13.2 Å². The summed E-state index contributed by atoms with van der Waals surface area (Å²) < 4.78 is 13.3. The van der Waals surface area contributed by atoms with Gasteiger partial charge in [0.2, 0.25) is 0 Å². The number of rotatable bonds is 9. The molecule has 4 heterocycles. The number of nitrogens with one attached hydrogen (secondary N) is 1. The van der Waals surface area contributed by atoms with E-state index in [0.717, 1.165) is 53.1 Å². The van der Waals surface area contributed by atoms with Crippen LogP contribution in [0.2, 0.25) is 0 Å². The standard InChI is InChI=1S/C26H32N6O3/c1-17(2)24(25-28-29-30-32(25)16-22-7-5-11-35-22)31(15-21-6-4-10-34-21)14-20-13-19-12-18(3)8-9-23(19)27-26(20)33/h5,7-9,11-13,17,21,24H,4,6,10,14-16H2,1-3H3,(H,27,33)/t21-,24-/m0/s1. The second kappa shape index (κ2) is 10.1. The molecule has 5 rings (SSSR count). The first kappa shape index (κ1) is 23.4. The van der Waals surface area contributed by atoms with Crippen LogP contribution in [0.5, 0.6) is 0 Å². The van der Waals surface area contributed by atoms with Gasteiger partial charge in [-0.15, -0.1) is 5.10 Å². The van der Waals surface area contributed by atoms with E-state index in [9.17, 15) is 4.79 Å². The molecule has 0 amide bonds. The van der Waals surface area contributed by atoms with Crippen molar-refractivity contribution in [3.8, 4) is 0 Å². The zero-order valence-corrected chi connectivity index (χ0v) is 20.5. The van der Waals surface area contributed by atoms with Gasteiger partial charge in [-0.1, -0.05) is 25.5 Å². The van der Waals surface area contributed by atoms with Crippen molar-refractivity contribution in [2.24, 2.45) is 5.92 Å². The lowest BCUT2D eigenvalue weighted by atomic mass is 9.99. The van der Waals surface area contributed by atoms with Crippen molar-refractivity contribution in [1.29, 1.82) is 0 Å².